The number of quaternary nitrogens is 1. The molecule has 2 N–H and O–H groups in total. The van der Waals surface area contributed by atoms with E-state index < -0.39 is 5.54 Å². The van der Waals surface area contributed by atoms with Crippen molar-refractivity contribution >= 4 is 11.9 Å². The molecule has 1 unspecified atom stereocenters. The van der Waals surface area contributed by atoms with Crippen LogP contribution in [0.5, 0.6) is 0 Å². The summed E-state index contributed by atoms with van der Waals surface area (Å²) in [7, 11) is 1.91. The van der Waals surface area contributed by atoms with Crippen molar-refractivity contribution in [3.8, 4) is 0 Å². The number of nitrogens with zero attached hydrogens (tertiary/aromatic N) is 1. The van der Waals surface area contributed by atoms with Crippen molar-refractivity contribution in [1.82, 2.24) is 10.2 Å². The van der Waals surface area contributed by atoms with E-state index in [0.717, 1.165) is 16.0 Å². The molecule has 1 aliphatic rings. The van der Waals surface area contributed by atoms with Crippen LogP contribution in [0.1, 0.15) is 31.4 Å². The van der Waals surface area contributed by atoms with Crippen LogP contribution in [-0.4, -0.2) is 30.6 Å². The van der Waals surface area contributed by atoms with Crippen LogP contribution in [0, 0.1) is 11.7 Å². The van der Waals surface area contributed by atoms with Crippen molar-refractivity contribution in [3.05, 3.63) is 71.5 Å². The Morgan fingerprint density at radius 3 is 2.32 bits per heavy atom. The molecule has 2 aromatic carbocycles. The van der Waals surface area contributed by atoms with Crippen molar-refractivity contribution in [2.75, 3.05) is 13.7 Å². The van der Waals surface area contributed by atoms with Crippen molar-refractivity contribution in [1.29, 1.82) is 0 Å². The number of hydrogen-bond donors (Lipinski definition) is 2. The standard InChI is InChI=1S/C22H26FN3O2/c1-16(2)13-22(18-7-5-4-6-8-18)20(27)26(21(28)24-22)15-25(3)14-17-9-11-19(23)12-10-17/h4-12,16H,13-15H2,1-3H3,(H,24,28)/p+1/t22-/m0/s1. The number of benzene rings is 2. The molecule has 0 bridgehead atoms. The summed E-state index contributed by atoms with van der Waals surface area (Å²) in [5, 5.41) is 2.97. The maximum Gasteiger partial charge on any atom is 0.329 e. The van der Waals surface area contributed by atoms with Crippen LogP contribution in [0.15, 0.2) is 54.6 Å². The van der Waals surface area contributed by atoms with E-state index in [9.17, 15) is 14.0 Å². The monoisotopic (exact) mass is 384 g/mol. The van der Waals surface area contributed by atoms with Gasteiger partial charge in [0.1, 0.15) is 17.9 Å². The molecule has 3 amide bonds. The fourth-order valence-electron chi connectivity index (χ4n) is 3.83. The molecule has 0 radical (unpaired) electrons. The summed E-state index contributed by atoms with van der Waals surface area (Å²) >= 11 is 0. The molecular formula is C22H27FN3O2+. The van der Waals surface area contributed by atoms with Crippen LogP contribution in [0.4, 0.5) is 9.18 Å². The van der Waals surface area contributed by atoms with E-state index in [1.807, 2.05) is 51.2 Å². The van der Waals surface area contributed by atoms with Gasteiger partial charge in [-0.3, -0.25) is 4.79 Å². The summed E-state index contributed by atoms with van der Waals surface area (Å²) in [5.74, 6) is -0.263. The highest BCUT2D eigenvalue weighted by Crippen LogP contribution is 2.34. The number of rotatable bonds is 7. The smallest absolute Gasteiger partial charge is 0.319 e. The van der Waals surface area contributed by atoms with E-state index in [0.29, 0.717) is 13.0 Å². The Morgan fingerprint density at radius 2 is 1.71 bits per heavy atom. The van der Waals surface area contributed by atoms with Gasteiger partial charge in [-0.2, -0.15) is 0 Å². The van der Waals surface area contributed by atoms with Crippen molar-refractivity contribution in [2.45, 2.75) is 32.4 Å². The average Bonchev–Trinajstić information content (AvgIpc) is 2.89. The lowest BCUT2D eigenvalue weighted by atomic mass is 9.82. The molecule has 1 saturated heterocycles. The Bertz CT molecular complexity index is 839. The molecule has 148 valence electrons. The van der Waals surface area contributed by atoms with Crippen LogP contribution >= 0.6 is 0 Å². The van der Waals surface area contributed by atoms with E-state index in [2.05, 4.69) is 5.32 Å². The van der Waals surface area contributed by atoms with E-state index in [1.54, 1.807) is 12.1 Å². The zero-order chi connectivity index (χ0) is 20.3. The van der Waals surface area contributed by atoms with Gasteiger partial charge < -0.3 is 10.2 Å². The number of nitrogens with one attached hydrogen (secondary N) is 2. The minimum absolute atomic E-state index is 0.212. The number of amides is 3. The number of imide groups is 1. The highest BCUT2D eigenvalue weighted by Gasteiger charge is 2.53. The molecule has 1 heterocycles. The lowest BCUT2D eigenvalue weighted by Gasteiger charge is -2.29. The molecule has 1 fully saturated rings. The zero-order valence-electron chi connectivity index (χ0n) is 16.5. The highest BCUT2D eigenvalue weighted by molar-refractivity contribution is 6.07. The first-order valence-electron chi connectivity index (χ1n) is 9.57. The fourth-order valence-corrected chi connectivity index (χ4v) is 3.83. The number of hydrogen-bond acceptors (Lipinski definition) is 2. The van der Waals surface area contributed by atoms with Gasteiger partial charge in [-0.05, 0) is 30.0 Å². The van der Waals surface area contributed by atoms with Crippen molar-refractivity contribution in [3.63, 3.8) is 0 Å². The largest absolute Gasteiger partial charge is 0.329 e. The molecule has 0 saturated carbocycles. The maximum absolute atomic E-state index is 13.4. The van der Waals surface area contributed by atoms with Gasteiger partial charge in [0, 0.05) is 5.56 Å². The minimum atomic E-state index is -1.03. The minimum Gasteiger partial charge on any atom is -0.319 e. The molecular weight excluding hydrogens is 357 g/mol. The second-order valence-electron chi connectivity index (χ2n) is 7.95. The fraction of sp³-hybridized carbons (Fsp3) is 0.364. The second kappa shape index (κ2) is 8.10. The van der Waals surface area contributed by atoms with E-state index in [1.165, 1.54) is 17.0 Å². The molecule has 0 aliphatic carbocycles. The van der Waals surface area contributed by atoms with Gasteiger partial charge in [0.15, 0.2) is 6.67 Å². The Balaban J connectivity index is 1.80. The number of carbonyl (C=O) groups excluding carboxylic acids is 2. The Morgan fingerprint density at radius 1 is 1.07 bits per heavy atom. The Labute approximate surface area is 165 Å². The molecule has 5 nitrogen and oxygen atoms in total. The second-order valence-corrected chi connectivity index (χ2v) is 7.95. The maximum atomic E-state index is 13.4. The predicted octanol–water partition coefficient (Wildman–Crippen LogP) is 2.29. The summed E-state index contributed by atoms with van der Waals surface area (Å²) in [6.45, 7) is 4.91. The summed E-state index contributed by atoms with van der Waals surface area (Å²) < 4.78 is 13.1. The van der Waals surface area contributed by atoms with Gasteiger partial charge in [0.2, 0.25) is 0 Å². The van der Waals surface area contributed by atoms with E-state index >= 15 is 0 Å². The van der Waals surface area contributed by atoms with Crippen molar-refractivity contribution in [2.24, 2.45) is 5.92 Å². The first-order valence-corrected chi connectivity index (χ1v) is 9.57. The number of halogens is 1. The topological polar surface area (TPSA) is 53.9 Å². The normalized spacial score (nSPS) is 20.5. The molecule has 0 aromatic heterocycles. The summed E-state index contributed by atoms with van der Waals surface area (Å²) in [6.07, 6.45) is 0.537. The van der Waals surface area contributed by atoms with Gasteiger partial charge >= 0.3 is 6.03 Å². The Hall–Kier alpha value is -2.73. The number of urea groups is 1. The van der Waals surface area contributed by atoms with Gasteiger partial charge in [-0.1, -0.05) is 56.3 Å². The van der Waals surface area contributed by atoms with Crippen molar-refractivity contribution < 1.29 is 18.9 Å². The lowest BCUT2D eigenvalue weighted by molar-refractivity contribution is -0.901. The van der Waals surface area contributed by atoms with Crippen LogP contribution in [0.3, 0.4) is 0 Å². The predicted molar refractivity (Wildman–Crippen MR) is 105 cm³/mol. The average molecular weight is 384 g/mol. The van der Waals surface area contributed by atoms with Gasteiger partial charge in [-0.25, -0.2) is 14.1 Å². The third-order valence-corrected chi connectivity index (χ3v) is 5.00. The van der Waals surface area contributed by atoms with Gasteiger partial charge in [0.05, 0.1) is 7.05 Å². The molecule has 1 aliphatic heterocycles. The first-order chi connectivity index (χ1) is 13.3. The molecule has 3 rings (SSSR count). The third-order valence-electron chi connectivity index (χ3n) is 5.00. The molecule has 2 aromatic rings. The lowest BCUT2D eigenvalue weighted by Crippen LogP contribution is -3.09. The molecule has 6 heteroatoms. The van der Waals surface area contributed by atoms with Crippen LogP contribution in [0.2, 0.25) is 0 Å². The van der Waals surface area contributed by atoms with Gasteiger partial charge in [0.25, 0.3) is 5.91 Å². The highest BCUT2D eigenvalue weighted by atomic mass is 19.1. The molecule has 28 heavy (non-hydrogen) atoms. The molecule has 0 spiro atoms. The Kier molecular flexibility index (Phi) is 5.79. The van der Waals surface area contributed by atoms with Crippen LogP contribution in [-0.2, 0) is 16.9 Å². The van der Waals surface area contributed by atoms with Gasteiger partial charge in [-0.15, -0.1) is 0 Å². The van der Waals surface area contributed by atoms with E-state index in [4.69, 9.17) is 0 Å². The molecule has 2 atom stereocenters. The zero-order valence-corrected chi connectivity index (χ0v) is 16.5. The van der Waals surface area contributed by atoms with Crippen LogP contribution < -0.4 is 10.2 Å². The summed E-state index contributed by atoms with van der Waals surface area (Å²) in [4.78, 5) is 28.4. The summed E-state index contributed by atoms with van der Waals surface area (Å²) in [6, 6.07) is 15.3. The first kappa shape index (κ1) is 20.0. The quantitative estimate of drug-likeness (QED) is 0.720. The number of carbonyl (C=O) groups is 2. The summed E-state index contributed by atoms with van der Waals surface area (Å²) in [5.41, 5.74) is 0.728. The third kappa shape index (κ3) is 4.07. The SMILES string of the molecule is CC(C)C[C@@]1(c2ccccc2)NC(=O)N(C[NH+](C)Cc2ccc(F)cc2)C1=O. The van der Waals surface area contributed by atoms with Crippen LogP contribution in [0.25, 0.3) is 0 Å². The van der Waals surface area contributed by atoms with E-state index in [-0.39, 0.29) is 30.3 Å².